The van der Waals surface area contributed by atoms with Gasteiger partial charge in [0.2, 0.25) is 0 Å². The number of halogens is 1. The summed E-state index contributed by atoms with van der Waals surface area (Å²) in [7, 11) is 1.89. The minimum atomic E-state index is -0.686. The Bertz CT molecular complexity index is 743. The highest BCUT2D eigenvalue weighted by molar-refractivity contribution is 9.10. The fourth-order valence-corrected chi connectivity index (χ4v) is 3.27. The highest BCUT2D eigenvalue weighted by atomic mass is 79.9. The van der Waals surface area contributed by atoms with Gasteiger partial charge in [-0.25, -0.2) is 0 Å². The third-order valence-electron chi connectivity index (χ3n) is 3.66. The Labute approximate surface area is 131 Å². The molecule has 2 aromatic heterocycles. The van der Waals surface area contributed by atoms with Gasteiger partial charge in [-0.1, -0.05) is 25.1 Å². The van der Waals surface area contributed by atoms with Gasteiger partial charge in [-0.2, -0.15) is 5.10 Å². The summed E-state index contributed by atoms with van der Waals surface area (Å²) >= 11 is 3.57. The average molecular weight is 349 g/mol. The van der Waals surface area contributed by atoms with E-state index in [4.69, 9.17) is 4.42 Å². The molecule has 0 aliphatic heterocycles. The summed E-state index contributed by atoms with van der Waals surface area (Å²) in [5.41, 5.74) is 2.77. The first kappa shape index (κ1) is 14.4. The lowest BCUT2D eigenvalue weighted by atomic mass is 10.1. The number of fused-ring (bicyclic) bond motifs is 1. The minimum absolute atomic E-state index is 0.462. The highest BCUT2D eigenvalue weighted by Crippen LogP contribution is 2.29. The molecule has 0 aliphatic carbocycles. The van der Waals surface area contributed by atoms with Crippen molar-refractivity contribution in [1.82, 2.24) is 9.78 Å². The number of benzene rings is 1. The van der Waals surface area contributed by atoms with E-state index in [0.717, 1.165) is 33.3 Å². The van der Waals surface area contributed by atoms with Crippen LogP contribution in [-0.4, -0.2) is 14.9 Å². The SMILES string of the molecule is CCc1nn(C)c(CC(O)c2cc3ccccc3o2)c1Br. The first-order valence-corrected chi connectivity index (χ1v) is 7.76. The lowest BCUT2D eigenvalue weighted by molar-refractivity contribution is 0.150. The monoisotopic (exact) mass is 348 g/mol. The van der Waals surface area contributed by atoms with Crippen LogP contribution >= 0.6 is 15.9 Å². The van der Waals surface area contributed by atoms with E-state index < -0.39 is 6.10 Å². The van der Waals surface area contributed by atoms with Gasteiger partial charge < -0.3 is 9.52 Å². The van der Waals surface area contributed by atoms with E-state index >= 15 is 0 Å². The van der Waals surface area contributed by atoms with Gasteiger partial charge in [-0.15, -0.1) is 0 Å². The van der Waals surface area contributed by atoms with Crippen LogP contribution in [0.1, 0.15) is 30.2 Å². The number of nitrogens with zero attached hydrogens (tertiary/aromatic N) is 2. The molecule has 1 aromatic carbocycles. The van der Waals surface area contributed by atoms with Gasteiger partial charge in [0.05, 0.1) is 15.9 Å². The Morgan fingerprint density at radius 3 is 2.81 bits per heavy atom. The predicted octanol–water partition coefficient (Wildman–Crippen LogP) is 3.77. The molecule has 0 fully saturated rings. The van der Waals surface area contributed by atoms with Crippen LogP contribution < -0.4 is 0 Å². The number of hydrogen-bond acceptors (Lipinski definition) is 3. The summed E-state index contributed by atoms with van der Waals surface area (Å²) in [6.45, 7) is 2.06. The number of para-hydroxylation sites is 1. The summed E-state index contributed by atoms with van der Waals surface area (Å²) in [5.74, 6) is 0.586. The molecule has 0 spiro atoms. The van der Waals surface area contributed by atoms with Gasteiger partial charge in [-0.3, -0.25) is 4.68 Å². The molecule has 110 valence electrons. The van der Waals surface area contributed by atoms with Crippen LogP contribution in [-0.2, 0) is 19.9 Å². The number of aryl methyl sites for hydroxylation is 2. The van der Waals surface area contributed by atoms with Crippen molar-refractivity contribution in [2.75, 3.05) is 0 Å². The zero-order chi connectivity index (χ0) is 15.0. The van der Waals surface area contributed by atoms with Crippen molar-refractivity contribution in [2.24, 2.45) is 7.05 Å². The van der Waals surface area contributed by atoms with Crippen molar-refractivity contribution in [3.8, 4) is 0 Å². The Morgan fingerprint density at radius 1 is 1.38 bits per heavy atom. The molecular weight excluding hydrogens is 332 g/mol. The van der Waals surface area contributed by atoms with Crippen molar-refractivity contribution >= 4 is 26.9 Å². The molecule has 0 aliphatic rings. The fourth-order valence-electron chi connectivity index (χ4n) is 2.49. The molecule has 1 unspecified atom stereocenters. The molecule has 0 amide bonds. The van der Waals surface area contributed by atoms with Crippen LogP contribution in [0.2, 0.25) is 0 Å². The van der Waals surface area contributed by atoms with Gasteiger partial charge in [0.25, 0.3) is 0 Å². The van der Waals surface area contributed by atoms with Crippen molar-refractivity contribution in [3.05, 3.63) is 52.0 Å². The Morgan fingerprint density at radius 2 is 2.14 bits per heavy atom. The maximum Gasteiger partial charge on any atom is 0.134 e. The van der Waals surface area contributed by atoms with Crippen molar-refractivity contribution in [3.63, 3.8) is 0 Å². The van der Waals surface area contributed by atoms with Gasteiger partial charge in [0.15, 0.2) is 0 Å². The lowest BCUT2D eigenvalue weighted by Gasteiger charge is -2.08. The van der Waals surface area contributed by atoms with Crippen LogP contribution in [0.25, 0.3) is 11.0 Å². The quantitative estimate of drug-likeness (QED) is 0.780. The van der Waals surface area contributed by atoms with E-state index in [-0.39, 0.29) is 0 Å². The standard InChI is InChI=1S/C16H17BrN2O2/c1-3-11-16(17)12(19(2)18-11)9-13(20)15-8-10-6-4-5-7-14(10)21-15/h4-8,13,20H,3,9H2,1-2H3. The molecule has 5 heteroatoms. The molecule has 0 saturated heterocycles. The summed E-state index contributed by atoms with van der Waals surface area (Å²) in [4.78, 5) is 0. The highest BCUT2D eigenvalue weighted by Gasteiger charge is 2.20. The molecule has 0 saturated carbocycles. The molecule has 3 rings (SSSR count). The topological polar surface area (TPSA) is 51.2 Å². The summed E-state index contributed by atoms with van der Waals surface area (Å²) in [5, 5.41) is 15.9. The molecule has 0 radical (unpaired) electrons. The maximum atomic E-state index is 10.5. The van der Waals surface area contributed by atoms with Crippen LogP contribution in [0.3, 0.4) is 0 Å². The Kier molecular flexibility index (Phi) is 3.87. The smallest absolute Gasteiger partial charge is 0.134 e. The maximum absolute atomic E-state index is 10.5. The number of furan rings is 1. The second-order valence-corrected chi connectivity index (χ2v) is 5.88. The third kappa shape index (κ3) is 2.63. The second kappa shape index (κ2) is 5.66. The number of rotatable bonds is 4. The summed E-state index contributed by atoms with van der Waals surface area (Å²) in [6, 6.07) is 9.66. The average Bonchev–Trinajstić information content (AvgIpc) is 3.03. The molecule has 3 aromatic rings. The largest absolute Gasteiger partial charge is 0.458 e. The number of aromatic nitrogens is 2. The van der Waals surface area contributed by atoms with E-state index in [2.05, 4.69) is 28.0 Å². The third-order valence-corrected chi connectivity index (χ3v) is 4.58. The Hall–Kier alpha value is -1.59. The normalized spacial score (nSPS) is 13.0. The zero-order valence-corrected chi connectivity index (χ0v) is 13.6. The number of aliphatic hydroxyl groups is 1. The first-order valence-electron chi connectivity index (χ1n) is 6.97. The van der Waals surface area contributed by atoms with Crippen LogP contribution in [0.5, 0.6) is 0 Å². The van der Waals surface area contributed by atoms with Crippen molar-refractivity contribution < 1.29 is 9.52 Å². The van der Waals surface area contributed by atoms with E-state index in [1.54, 1.807) is 0 Å². The van der Waals surface area contributed by atoms with Crippen LogP contribution in [0, 0.1) is 0 Å². The predicted molar refractivity (Wildman–Crippen MR) is 85.2 cm³/mol. The first-order chi connectivity index (χ1) is 10.1. The molecular formula is C16H17BrN2O2. The number of aliphatic hydroxyl groups excluding tert-OH is 1. The molecule has 2 heterocycles. The van der Waals surface area contributed by atoms with Crippen molar-refractivity contribution in [1.29, 1.82) is 0 Å². The van der Waals surface area contributed by atoms with Gasteiger partial charge in [0.1, 0.15) is 17.4 Å². The van der Waals surface area contributed by atoms with Crippen molar-refractivity contribution in [2.45, 2.75) is 25.9 Å². The summed E-state index contributed by atoms with van der Waals surface area (Å²) < 4.78 is 8.51. The van der Waals surface area contributed by atoms with Gasteiger partial charge in [-0.05, 0) is 34.5 Å². The summed E-state index contributed by atoms with van der Waals surface area (Å²) in [6.07, 6.45) is 0.632. The molecule has 1 N–H and O–H groups in total. The van der Waals surface area contributed by atoms with Crippen LogP contribution in [0.4, 0.5) is 0 Å². The molecule has 1 atom stereocenters. The van der Waals surface area contributed by atoms with E-state index in [1.165, 1.54) is 0 Å². The minimum Gasteiger partial charge on any atom is -0.458 e. The Balaban J connectivity index is 1.89. The van der Waals surface area contributed by atoms with E-state index in [0.29, 0.717) is 12.2 Å². The second-order valence-electron chi connectivity index (χ2n) is 5.09. The number of hydrogen-bond donors (Lipinski definition) is 1. The van der Waals surface area contributed by atoms with Gasteiger partial charge in [0, 0.05) is 18.9 Å². The van der Waals surface area contributed by atoms with Crippen LogP contribution in [0.15, 0.2) is 39.2 Å². The van der Waals surface area contributed by atoms with E-state index in [9.17, 15) is 5.11 Å². The lowest BCUT2D eigenvalue weighted by Crippen LogP contribution is -2.06. The van der Waals surface area contributed by atoms with E-state index in [1.807, 2.05) is 42.1 Å². The molecule has 4 nitrogen and oxygen atoms in total. The fraction of sp³-hybridized carbons (Fsp3) is 0.312. The molecule has 21 heavy (non-hydrogen) atoms. The van der Waals surface area contributed by atoms with Gasteiger partial charge >= 0.3 is 0 Å². The zero-order valence-electron chi connectivity index (χ0n) is 12.0. The molecule has 0 bridgehead atoms.